The Balaban J connectivity index is 2.28. The number of rotatable bonds is 5. The number of halogens is 2. The monoisotopic (exact) mass is 304 g/mol. The normalized spacial score (nSPS) is 10.2. The van der Waals surface area contributed by atoms with E-state index in [2.05, 4.69) is 11.4 Å². The predicted molar refractivity (Wildman–Crippen MR) is 80.0 cm³/mol. The van der Waals surface area contributed by atoms with Crippen molar-refractivity contribution in [2.75, 3.05) is 6.54 Å². The Morgan fingerprint density at radius 2 is 2.10 bits per heavy atom. The van der Waals surface area contributed by atoms with E-state index >= 15 is 0 Å². The lowest BCUT2D eigenvalue weighted by molar-refractivity contribution is 0.441. The molecule has 0 atom stereocenters. The van der Waals surface area contributed by atoms with Crippen molar-refractivity contribution < 1.29 is 9.13 Å². The standard InChI is InChI=1S/C16H14ClFN2O/c1-2-20-10-11-6-7-14(12(8-11)9-19)21-15-5-3-4-13(17)16(15)18/h3-8,20H,2,10H2,1H3. The number of hydrogen-bond donors (Lipinski definition) is 1. The average molecular weight is 305 g/mol. The van der Waals surface area contributed by atoms with Crippen molar-refractivity contribution in [2.24, 2.45) is 0 Å². The Hall–Kier alpha value is -2.09. The number of benzene rings is 2. The smallest absolute Gasteiger partial charge is 0.184 e. The molecule has 21 heavy (non-hydrogen) atoms. The summed E-state index contributed by atoms with van der Waals surface area (Å²) < 4.78 is 19.3. The van der Waals surface area contributed by atoms with Crippen LogP contribution in [0, 0.1) is 17.1 Å². The van der Waals surface area contributed by atoms with Crippen molar-refractivity contribution >= 4 is 11.6 Å². The van der Waals surface area contributed by atoms with Crippen LogP contribution in [0.25, 0.3) is 0 Å². The quantitative estimate of drug-likeness (QED) is 0.898. The van der Waals surface area contributed by atoms with E-state index in [1.54, 1.807) is 18.2 Å². The predicted octanol–water partition coefficient (Wildman–Crippen LogP) is 4.25. The Kier molecular flexibility index (Phi) is 5.15. The van der Waals surface area contributed by atoms with Crippen LogP contribution in [0.4, 0.5) is 4.39 Å². The van der Waals surface area contributed by atoms with E-state index in [-0.39, 0.29) is 10.8 Å². The number of nitrogens with one attached hydrogen (secondary N) is 1. The molecule has 108 valence electrons. The fraction of sp³-hybridized carbons (Fsp3) is 0.188. The van der Waals surface area contributed by atoms with Gasteiger partial charge in [-0.3, -0.25) is 0 Å². The third-order valence-corrected chi connectivity index (χ3v) is 3.17. The van der Waals surface area contributed by atoms with E-state index in [9.17, 15) is 9.65 Å². The Morgan fingerprint density at radius 1 is 1.29 bits per heavy atom. The van der Waals surface area contributed by atoms with Gasteiger partial charge in [-0.15, -0.1) is 0 Å². The van der Waals surface area contributed by atoms with Gasteiger partial charge in [-0.05, 0) is 36.4 Å². The van der Waals surface area contributed by atoms with Crippen molar-refractivity contribution in [3.8, 4) is 17.6 Å². The van der Waals surface area contributed by atoms with Crippen LogP contribution in [0.1, 0.15) is 18.1 Å². The van der Waals surface area contributed by atoms with Gasteiger partial charge in [0.2, 0.25) is 0 Å². The maximum absolute atomic E-state index is 13.8. The molecular formula is C16H14ClFN2O. The van der Waals surface area contributed by atoms with Gasteiger partial charge in [0.25, 0.3) is 0 Å². The van der Waals surface area contributed by atoms with Crippen LogP contribution >= 0.6 is 11.6 Å². The van der Waals surface area contributed by atoms with E-state index in [1.165, 1.54) is 12.1 Å². The van der Waals surface area contributed by atoms with Gasteiger partial charge in [-0.2, -0.15) is 5.26 Å². The maximum atomic E-state index is 13.8. The summed E-state index contributed by atoms with van der Waals surface area (Å²) in [6.45, 7) is 3.51. The Bertz CT molecular complexity index is 682. The second-order valence-corrected chi connectivity index (χ2v) is 4.78. The molecule has 2 rings (SSSR count). The maximum Gasteiger partial charge on any atom is 0.184 e. The molecule has 0 saturated heterocycles. The molecule has 2 aromatic carbocycles. The fourth-order valence-electron chi connectivity index (χ4n) is 1.81. The summed E-state index contributed by atoms with van der Waals surface area (Å²) in [6.07, 6.45) is 0. The minimum atomic E-state index is -0.639. The van der Waals surface area contributed by atoms with Crippen molar-refractivity contribution in [3.63, 3.8) is 0 Å². The Morgan fingerprint density at radius 3 is 2.81 bits per heavy atom. The highest BCUT2D eigenvalue weighted by Crippen LogP contribution is 2.30. The SMILES string of the molecule is CCNCc1ccc(Oc2cccc(Cl)c2F)c(C#N)c1. The molecule has 3 nitrogen and oxygen atoms in total. The van der Waals surface area contributed by atoms with Gasteiger partial charge in [0.1, 0.15) is 11.8 Å². The topological polar surface area (TPSA) is 45.0 Å². The summed E-state index contributed by atoms with van der Waals surface area (Å²) in [5.74, 6) is -0.336. The van der Waals surface area contributed by atoms with Crippen LogP contribution in [0.3, 0.4) is 0 Å². The summed E-state index contributed by atoms with van der Waals surface area (Å²) in [4.78, 5) is 0. The van der Waals surface area contributed by atoms with Crippen molar-refractivity contribution in [1.82, 2.24) is 5.32 Å². The highest BCUT2D eigenvalue weighted by Gasteiger charge is 2.11. The largest absolute Gasteiger partial charge is 0.453 e. The molecule has 0 aliphatic rings. The van der Waals surface area contributed by atoms with Crippen molar-refractivity contribution in [1.29, 1.82) is 5.26 Å². The summed E-state index contributed by atoms with van der Waals surface area (Å²) in [5, 5.41) is 12.4. The van der Waals surface area contributed by atoms with Gasteiger partial charge in [0.15, 0.2) is 11.6 Å². The van der Waals surface area contributed by atoms with Gasteiger partial charge < -0.3 is 10.1 Å². The van der Waals surface area contributed by atoms with Crippen LogP contribution in [0.5, 0.6) is 11.5 Å². The molecule has 0 heterocycles. The van der Waals surface area contributed by atoms with Crippen LogP contribution in [-0.2, 0) is 6.54 Å². The summed E-state index contributed by atoms with van der Waals surface area (Å²) in [5.41, 5.74) is 1.32. The molecule has 0 radical (unpaired) electrons. The number of nitriles is 1. The van der Waals surface area contributed by atoms with Gasteiger partial charge in [0.05, 0.1) is 10.6 Å². The second kappa shape index (κ2) is 7.07. The fourth-order valence-corrected chi connectivity index (χ4v) is 1.98. The summed E-state index contributed by atoms with van der Waals surface area (Å²) >= 11 is 5.71. The minimum Gasteiger partial charge on any atom is -0.453 e. The lowest BCUT2D eigenvalue weighted by atomic mass is 10.1. The second-order valence-electron chi connectivity index (χ2n) is 4.38. The molecule has 0 saturated carbocycles. The third kappa shape index (κ3) is 3.72. The molecule has 0 spiro atoms. The molecule has 0 fully saturated rings. The molecule has 0 amide bonds. The van der Waals surface area contributed by atoms with Crippen molar-refractivity contribution in [3.05, 3.63) is 58.4 Å². The molecule has 1 N–H and O–H groups in total. The Labute approximate surface area is 127 Å². The van der Waals surface area contributed by atoms with Crippen molar-refractivity contribution in [2.45, 2.75) is 13.5 Å². The van der Waals surface area contributed by atoms with Gasteiger partial charge in [0, 0.05) is 6.54 Å². The molecule has 0 unspecified atom stereocenters. The lowest BCUT2D eigenvalue weighted by Gasteiger charge is -2.10. The zero-order valence-corrected chi connectivity index (χ0v) is 12.2. The molecule has 0 aliphatic heterocycles. The van der Waals surface area contributed by atoms with Crippen LogP contribution in [0.2, 0.25) is 5.02 Å². The third-order valence-electron chi connectivity index (χ3n) is 2.88. The number of nitrogens with zero attached hydrogens (tertiary/aromatic N) is 1. The zero-order valence-electron chi connectivity index (χ0n) is 11.5. The molecular weight excluding hydrogens is 291 g/mol. The molecule has 0 aliphatic carbocycles. The zero-order chi connectivity index (χ0) is 15.2. The highest BCUT2D eigenvalue weighted by molar-refractivity contribution is 6.30. The van der Waals surface area contributed by atoms with Crippen LogP contribution in [-0.4, -0.2) is 6.54 Å². The van der Waals surface area contributed by atoms with E-state index in [1.807, 2.05) is 13.0 Å². The summed E-state index contributed by atoms with van der Waals surface area (Å²) in [7, 11) is 0. The first-order chi connectivity index (χ1) is 10.2. The first-order valence-electron chi connectivity index (χ1n) is 6.51. The van der Waals surface area contributed by atoms with Crippen LogP contribution in [0.15, 0.2) is 36.4 Å². The van der Waals surface area contributed by atoms with Gasteiger partial charge in [-0.1, -0.05) is 30.7 Å². The molecule has 0 bridgehead atoms. The minimum absolute atomic E-state index is 0.00145. The van der Waals surface area contributed by atoms with E-state index in [0.29, 0.717) is 17.9 Å². The first kappa shape index (κ1) is 15.3. The molecule has 5 heteroatoms. The van der Waals surface area contributed by atoms with Gasteiger partial charge in [-0.25, -0.2) is 4.39 Å². The first-order valence-corrected chi connectivity index (χ1v) is 6.89. The molecule has 2 aromatic rings. The molecule has 0 aromatic heterocycles. The van der Waals surface area contributed by atoms with E-state index in [4.69, 9.17) is 16.3 Å². The van der Waals surface area contributed by atoms with Crippen LogP contribution < -0.4 is 10.1 Å². The lowest BCUT2D eigenvalue weighted by Crippen LogP contribution is -2.11. The highest BCUT2D eigenvalue weighted by atomic mass is 35.5. The summed E-state index contributed by atoms with van der Waals surface area (Å²) in [6, 6.07) is 11.8. The van der Waals surface area contributed by atoms with E-state index in [0.717, 1.165) is 12.1 Å². The average Bonchev–Trinajstić information content (AvgIpc) is 2.50. The number of hydrogen-bond acceptors (Lipinski definition) is 3. The number of ether oxygens (including phenoxy) is 1. The van der Waals surface area contributed by atoms with E-state index < -0.39 is 5.82 Å². The van der Waals surface area contributed by atoms with Gasteiger partial charge >= 0.3 is 0 Å².